The average molecular weight is 451 g/mol. The lowest BCUT2D eigenvalue weighted by molar-refractivity contribution is -0.135. The summed E-state index contributed by atoms with van der Waals surface area (Å²) in [5.74, 6) is -1.03. The van der Waals surface area contributed by atoms with E-state index in [1.54, 1.807) is 24.3 Å². The lowest BCUT2D eigenvalue weighted by atomic mass is 9.93. The van der Waals surface area contributed by atoms with Gasteiger partial charge in [-0.2, -0.15) is 5.26 Å². The van der Waals surface area contributed by atoms with E-state index in [1.165, 1.54) is 11.9 Å². The molecule has 0 saturated carbocycles. The molecular weight excluding hydrogens is 426 g/mol. The van der Waals surface area contributed by atoms with Crippen molar-refractivity contribution in [3.05, 3.63) is 18.5 Å². The lowest BCUT2D eigenvalue weighted by Crippen LogP contribution is -2.48. The molecule has 12 heteroatoms. The van der Waals surface area contributed by atoms with Crippen molar-refractivity contribution in [1.29, 1.82) is 5.26 Å². The number of hydrogen-bond donors (Lipinski definition) is 3. The van der Waals surface area contributed by atoms with Gasteiger partial charge in [-0.1, -0.05) is 6.92 Å². The van der Waals surface area contributed by atoms with Gasteiger partial charge < -0.3 is 20.4 Å². The van der Waals surface area contributed by atoms with E-state index in [0.717, 1.165) is 17.3 Å². The molecule has 1 saturated heterocycles. The van der Waals surface area contributed by atoms with E-state index < -0.39 is 11.8 Å². The average Bonchev–Trinajstić information content (AvgIpc) is 3.43. The number of urea groups is 1. The molecule has 3 aromatic heterocycles. The van der Waals surface area contributed by atoms with Crippen molar-refractivity contribution in [3.63, 3.8) is 0 Å². The number of likely N-dealkylation sites (tertiary alicyclic amines) is 1. The molecule has 0 spiro atoms. The van der Waals surface area contributed by atoms with Crippen molar-refractivity contribution in [3.8, 4) is 6.07 Å². The minimum atomic E-state index is -0.805. The second kappa shape index (κ2) is 8.78. The van der Waals surface area contributed by atoms with Crippen LogP contribution in [-0.4, -0.2) is 81.1 Å². The Labute approximate surface area is 189 Å². The predicted octanol–water partition coefficient (Wildman–Crippen LogP) is 1.06. The summed E-state index contributed by atoms with van der Waals surface area (Å²) in [4.78, 5) is 48.6. The van der Waals surface area contributed by atoms with E-state index in [2.05, 4.69) is 32.6 Å². The Kier molecular flexibility index (Phi) is 5.87. The van der Waals surface area contributed by atoms with Crippen LogP contribution in [-0.2, 0) is 9.59 Å². The zero-order valence-corrected chi connectivity index (χ0v) is 18.6. The number of carbonyl (C=O) groups excluding carboxylic acids is 3. The van der Waals surface area contributed by atoms with Gasteiger partial charge in [-0.15, -0.1) is 0 Å². The molecule has 0 radical (unpaired) electrons. The Hall–Kier alpha value is -4.14. The van der Waals surface area contributed by atoms with Crippen LogP contribution in [0.1, 0.15) is 19.4 Å². The van der Waals surface area contributed by atoms with Crippen LogP contribution < -0.4 is 10.6 Å². The number of aromatic amines is 1. The van der Waals surface area contributed by atoms with Crippen LogP contribution in [0, 0.1) is 17.2 Å². The number of fused-ring (bicyclic) bond motifs is 3. The molecule has 2 atom stereocenters. The summed E-state index contributed by atoms with van der Waals surface area (Å²) in [6.45, 7) is 3.11. The molecule has 0 unspecified atom stereocenters. The number of piperidine rings is 1. The molecular formula is C21H25N9O3. The maximum absolute atomic E-state index is 12.8. The third-order valence-corrected chi connectivity index (χ3v) is 6.07. The fourth-order valence-electron chi connectivity index (χ4n) is 4.23. The summed E-state index contributed by atoms with van der Waals surface area (Å²) in [7, 11) is 2.99. The van der Waals surface area contributed by atoms with Crippen molar-refractivity contribution in [2.24, 2.45) is 5.92 Å². The van der Waals surface area contributed by atoms with Crippen molar-refractivity contribution in [2.75, 3.05) is 39.0 Å². The minimum absolute atomic E-state index is 0.00920. The van der Waals surface area contributed by atoms with Crippen molar-refractivity contribution >= 4 is 45.6 Å². The number of nitriles is 1. The van der Waals surface area contributed by atoms with Gasteiger partial charge in [-0.3, -0.25) is 19.4 Å². The molecule has 12 nitrogen and oxygen atoms in total. The number of anilines is 1. The van der Waals surface area contributed by atoms with Gasteiger partial charge in [0.2, 0.25) is 0 Å². The van der Waals surface area contributed by atoms with Crippen LogP contribution in [0.25, 0.3) is 21.9 Å². The fraction of sp³-hybridized carbons (Fsp3) is 0.429. The molecule has 4 amide bonds. The van der Waals surface area contributed by atoms with Crippen LogP contribution in [0.4, 0.5) is 10.6 Å². The highest BCUT2D eigenvalue weighted by Gasteiger charge is 2.33. The van der Waals surface area contributed by atoms with Crippen molar-refractivity contribution in [2.45, 2.75) is 19.4 Å². The van der Waals surface area contributed by atoms with E-state index in [1.807, 2.05) is 16.8 Å². The number of hydrogen-bond acceptors (Lipinski definition) is 6. The zero-order chi connectivity index (χ0) is 23.7. The first kappa shape index (κ1) is 22.1. The van der Waals surface area contributed by atoms with E-state index in [-0.39, 0.29) is 24.5 Å². The maximum atomic E-state index is 12.8. The molecule has 1 fully saturated rings. The number of nitrogens with one attached hydrogen (secondary N) is 3. The Morgan fingerprint density at radius 3 is 2.82 bits per heavy atom. The molecule has 0 aliphatic carbocycles. The molecule has 4 rings (SSSR count). The summed E-state index contributed by atoms with van der Waals surface area (Å²) in [6, 6.07) is 3.48. The Morgan fingerprint density at radius 2 is 2.09 bits per heavy atom. The third-order valence-electron chi connectivity index (χ3n) is 6.07. The summed E-state index contributed by atoms with van der Waals surface area (Å²) in [6.07, 6.45) is 4.03. The summed E-state index contributed by atoms with van der Waals surface area (Å²) < 4.78 is 1.93. The fourth-order valence-corrected chi connectivity index (χ4v) is 4.23. The first-order valence-electron chi connectivity index (χ1n) is 10.6. The van der Waals surface area contributed by atoms with Crippen LogP contribution in [0.2, 0.25) is 0 Å². The number of rotatable bonds is 3. The second-order valence-electron chi connectivity index (χ2n) is 8.17. The van der Waals surface area contributed by atoms with Gasteiger partial charge >= 0.3 is 17.8 Å². The number of carbonyl (C=O) groups is 3. The lowest BCUT2D eigenvalue weighted by Gasteiger charge is -2.39. The standard InChI is InChI=1S/C21H25N9O3/c1-12-5-8-29(21(33)28(3)9-6-22)11-15(12)30-16-13-4-7-24-17(13)25-10-14(16)18(27-30)26-20(32)19(31)23-2/h4,7,10,12,15,27H,5,8-9,11H2,1-3H3,(H,23,31)(H,26,32)/t12-,15+/m1/s1. The van der Waals surface area contributed by atoms with Gasteiger partial charge in [0.15, 0.2) is 5.65 Å². The highest BCUT2D eigenvalue weighted by atomic mass is 16.2. The first-order valence-corrected chi connectivity index (χ1v) is 10.6. The normalized spacial score (nSPS) is 18.2. The highest BCUT2D eigenvalue weighted by molar-refractivity contribution is 6.40. The maximum Gasteiger partial charge on any atom is 0.320 e. The molecule has 172 valence electrons. The largest absolute Gasteiger partial charge is 0.351 e. The van der Waals surface area contributed by atoms with Crippen LogP contribution in [0.3, 0.4) is 0 Å². The SMILES string of the molecule is CNC(=O)C(=O)Nc1[nH]n([C@H]2CN(C(=O)N(C)CC#N)CC[C@H]2C)c2c1cnc1nccc12. The zero-order valence-electron chi connectivity index (χ0n) is 18.6. The smallest absolute Gasteiger partial charge is 0.320 e. The molecule has 0 aromatic carbocycles. The summed E-state index contributed by atoms with van der Waals surface area (Å²) >= 11 is 0. The molecule has 3 N–H and O–H groups in total. The van der Waals surface area contributed by atoms with Gasteiger partial charge in [0.1, 0.15) is 12.4 Å². The number of amides is 4. The number of likely N-dealkylation sites (N-methyl/N-ethyl adjacent to an activating group) is 1. The molecule has 33 heavy (non-hydrogen) atoms. The van der Waals surface area contributed by atoms with E-state index in [0.29, 0.717) is 29.9 Å². The van der Waals surface area contributed by atoms with Gasteiger partial charge in [-0.05, 0) is 18.4 Å². The summed E-state index contributed by atoms with van der Waals surface area (Å²) in [5, 5.41) is 18.5. The van der Waals surface area contributed by atoms with Gasteiger partial charge in [0.25, 0.3) is 0 Å². The topological polar surface area (TPSA) is 152 Å². The second-order valence-corrected chi connectivity index (χ2v) is 8.17. The molecule has 1 aliphatic heterocycles. The Morgan fingerprint density at radius 1 is 1.30 bits per heavy atom. The highest BCUT2D eigenvalue weighted by Crippen LogP contribution is 2.35. The monoisotopic (exact) mass is 451 g/mol. The van der Waals surface area contributed by atoms with Crippen LogP contribution >= 0.6 is 0 Å². The number of pyridine rings is 1. The molecule has 0 bridgehead atoms. The number of nitrogens with zero attached hydrogens (tertiary/aromatic N) is 6. The van der Waals surface area contributed by atoms with Gasteiger partial charge in [0.05, 0.1) is 23.0 Å². The van der Waals surface area contributed by atoms with E-state index in [9.17, 15) is 14.4 Å². The number of H-pyrrole nitrogens is 1. The van der Waals surface area contributed by atoms with Crippen molar-refractivity contribution < 1.29 is 14.4 Å². The van der Waals surface area contributed by atoms with Crippen molar-refractivity contribution in [1.82, 2.24) is 34.9 Å². The molecule has 1 aliphatic rings. The molecule has 3 aromatic rings. The quantitative estimate of drug-likeness (QED) is 0.400. The van der Waals surface area contributed by atoms with Crippen LogP contribution in [0.15, 0.2) is 18.5 Å². The summed E-state index contributed by atoms with van der Waals surface area (Å²) in [5.41, 5.74) is 1.34. The predicted molar refractivity (Wildman–Crippen MR) is 120 cm³/mol. The minimum Gasteiger partial charge on any atom is -0.351 e. The third kappa shape index (κ3) is 3.93. The first-order chi connectivity index (χ1) is 15.8. The Balaban J connectivity index is 1.78. The number of aromatic nitrogens is 4. The van der Waals surface area contributed by atoms with Gasteiger partial charge in [-0.25, -0.2) is 14.8 Å². The van der Waals surface area contributed by atoms with E-state index >= 15 is 0 Å². The Bertz CT molecular complexity index is 1270. The van der Waals surface area contributed by atoms with Crippen LogP contribution in [0.5, 0.6) is 0 Å². The molecule has 4 heterocycles. The van der Waals surface area contributed by atoms with E-state index in [4.69, 9.17) is 5.26 Å². The van der Waals surface area contributed by atoms with Gasteiger partial charge in [0, 0.05) is 45.0 Å².